The largest absolute Gasteiger partial charge is 0.507 e. The van der Waals surface area contributed by atoms with Gasteiger partial charge in [0.15, 0.2) is 0 Å². The maximum absolute atomic E-state index is 14.7. The van der Waals surface area contributed by atoms with Gasteiger partial charge < -0.3 is 9.84 Å². The van der Waals surface area contributed by atoms with E-state index in [1.54, 1.807) is 42.5 Å². The van der Waals surface area contributed by atoms with Crippen molar-refractivity contribution in [3.63, 3.8) is 0 Å². The van der Waals surface area contributed by atoms with E-state index in [2.05, 4.69) is 0 Å². The predicted octanol–water partition coefficient (Wildman–Crippen LogP) is 5.69. The predicted molar refractivity (Wildman–Crippen MR) is 125 cm³/mol. The van der Waals surface area contributed by atoms with Gasteiger partial charge in [0.1, 0.15) is 23.1 Å². The lowest BCUT2D eigenvalue weighted by atomic mass is 9.94. The van der Waals surface area contributed by atoms with E-state index in [9.17, 15) is 23.5 Å². The minimum atomic E-state index is -1.15. The van der Waals surface area contributed by atoms with Gasteiger partial charge in [0.2, 0.25) is 0 Å². The number of aryl methyl sites for hydroxylation is 1. The van der Waals surface area contributed by atoms with Crippen LogP contribution in [0.1, 0.15) is 36.1 Å². The third-order valence-electron chi connectivity index (χ3n) is 5.57. The number of aliphatic hydroxyl groups is 1. The second-order valence-corrected chi connectivity index (χ2v) is 8.05. The van der Waals surface area contributed by atoms with E-state index in [-0.39, 0.29) is 11.3 Å². The summed E-state index contributed by atoms with van der Waals surface area (Å²) < 4.78 is 34.3. The number of Topliss-reactive ketones (excluding diaryl/α,β-unsaturated/α-hetero) is 1. The average Bonchev–Trinajstić information content (AvgIpc) is 3.09. The number of carbonyl (C=O) groups excluding carboxylic acids is 2. The molecule has 1 heterocycles. The number of nitrogens with zero attached hydrogens (tertiary/aromatic N) is 1. The van der Waals surface area contributed by atoms with Crippen LogP contribution in [-0.2, 0) is 9.59 Å². The molecule has 174 valence electrons. The van der Waals surface area contributed by atoms with Crippen molar-refractivity contribution in [3.8, 4) is 5.75 Å². The Kier molecular flexibility index (Phi) is 6.45. The molecule has 1 atom stereocenters. The lowest BCUT2D eigenvalue weighted by Gasteiger charge is -2.26. The van der Waals surface area contributed by atoms with Crippen LogP contribution >= 0.6 is 0 Å². The van der Waals surface area contributed by atoms with Gasteiger partial charge in [0, 0.05) is 11.6 Å². The Labute approximate surface area is 195 Å². The molecule has 0 saturated carbocycles. The second-order valence-electron chi connectivity index (χ2n) is 8.05. The van der Waals surface area contributed by atoms with Crippen LogP contribution in [0.5, 0.6) is 5.75 Å². The number of rotatable bonds is 6. The monoisotopic (exact) mass is 463 g/mol. The summed E-state index contributed by atoms with van der Waals surface area (Å²) in [5, 5.41) is 11.1. The van der Waals surface area contributed by atoms with Gasteiger partial charge in [0.05, 0.1) is 23.9 Å². The Hall–Kier alpha value is -4.00. The summed E-state index contributed by atoms with van der Waals surface area (Å²) in [5.41, 5.74) is 1.02. The third-order valence-corrected chi connectivity index (χ3v) is 5.57. The molecular weight excluding hydrogens is 440 g/mol. The van der Waals surface area contributed by atoms with Crippen molar-refractivity contribution >= 4 is 23.1 Å². The fourth-order valence-corrected chi connectivity index (χ4v) is 3.99. The van der Waals surface area contributed by atoms with E-state index >= 15 is 0 Å². The maximum Gasteiger partial charge on any atom is 0.300 e. The smallest absolute Gasteiger partial charge is 0.300 e. The number of amides is 1. The van der Waals surface area contributed by atoms with E-state index in [0.29, 0.717) is 23.5 Å². The molecule has 1 fully saturated rings. The van der Waals surface area contributed by atoms with Crippen molar-refractivity contribution in [1.82, 2.24) is 0 Å². The molecule has 0 aromatic heterocycles. The Balaban J connectivity index is 1.89. The van der Waals surface area contributed by atoms with Gasteiger partial charge in [-0.1, -0.05) is 36.8 Å². The first kappa shape index (κ1) is 23.2. The summed E-state index contributed by atoms with van der Waals surface area (Å²) in [6.45, 7) is 4.34. The van der Waals surface area contributed by atoms with Crippen LogP contribution in [0, 0.1) is 18.6 Å². The Bertz CT molecular complexity index is 1280. The van der Waals surface area contributed by atoms with Gasteiger partial charge in [-0.2, -0.15) is 0 Å². The van der Waals surface area contributed by atoms with Crippen molar-refractivity contribution in [1.29, 1.82) is 0 Å². The molecule has 0 spiro atoms. The number of hydrogen-bond acceptors (Lipinski definition) is 4. The van der Waals surface area contributed by atoms with Gasteiger partial charge in [-0.3, -0.25) is 14.5 Å². The lowest BCUT2D eigenvalue weighted by molar-refractivity contribution is -0.132. The molecule has 1 aliphatic heterocycles. The molecule has 0 radical (unpaired) electrons. The van der Waals surface area contributed by atoms with Gasteiger partial charge in [0.25, 0.3) is 11.7 Å². The van der Waals surface area contributed by atoms with Crippen molar-refractivity contribution in [2.75, 3.05) is 11.5 Å². The number of ether oxygens (including phenoxy) is 1. The molecule has 1 N–H and O–H groups in total. The summed E-state index contributed by atoms with van der Waals surface area (Å²) >= 11 is 0. The van der Waals surface area contributed by atoms with E-state index in [1.165, 1.54) is 0 Å². The van der Waals surface area contributed by atoms with E-state index in [0.717, 1.165) is 35.1 Å². The molecule has 1 amide bonds. The molecule has 0 aliphatic carbocycles. The number of hydrogen-bond donors (Lipinski definition) is 1. The zero-order valence-electron chi connectivity index (χ0n) is 18.7. The third kappa shape index (κ3) is 4.29. The number of aliphatic hydroxyl groups excluding tert-OH is 1. The molecule has 1 saturated heterocycles. The van der Waals surface area contributed by atoms with Crippen LogP contribution in [0.25, 0.3) is 5.76 Å². The number of ketones is 1. The first-order chi connectivity index (χ1) is 16.3. The first-order valence-electron chi connectivity index (χ1n) is 10.9. The normalized spacial score (nSPS) is 17.3. The fraction of sp³-hybridized carbons (Fsp3) is 0.185. The standard InChI is InChI=1S/C27H23F2NO4/c1-3-13-34-20-10-7-17(8-11-20)25(31)23-24(18-6-4-5-16(2)14-18)30(27(33)26(23)32)22-15-19(28)9-12-21(22)29/h4-12,14-15,24,31H,3,13H2,1-2H3/b25-23+. The summed E-state index contributed by atoms with van der Waals surface area (Å²) in [6.07, 6.45) is 0.832. The maximum atomic E-state index is 14.7. The summed E-state index contributed by atoms with van der Waals surface area (Å²) in [6, 6.07) is 14.9. The highest BCUT2D eigenvalue weighted by molar-refractivity contribution is 6.51. The van der Waals surface area contributed by atoms with Crippen LogP contribution in [0.2, 0.25) is 0 Å². The highest BCUT2D eigenvalue weighted by Crippen LogP contribution is 2.43. The highest BCUT2D eigenvalue weighted by atomic mass is 19.1. The van der Waals surface area contributed by atoms with Crippen molar-refractivity contribution in [2.24, 2.45) is 0 Å². The zero-order valence-corrected chi connectivity index (χ0v) is 18.7. The average molecular weight is 463 g/mol. The highest BCUT2D eigenvalue weighted by Gasteiger charge is 2.47. The molecule has 3 aromatic rings. The molecule has 3 aromatic carbocycles. The Morgan fingerprint density at radius 2 is 1.76 bits per heavy atom. The lowest BCUT2D eigenvalue weighted by Crippen LogP contribution is -2.30. The van der Waals surface area contributed by atoms with Crippen molar-refractivity contribution in [2.45, 2.75) is 26.3 Å². The van der Waals surface area contributed by atoms with Crippen LogP contribution < -0.4 is 9.64 Å². The molecule has 1 unspecified atom stereocenters. The summed E-state index contributed by atoms with van der Waals surface area (Å²) in [7, 11) is 0. The van der Waals surface area contributed by atoms with Crippen LogP contribution in [-0.4, -0.2) is 23.4 Å². The Morgan fingerprint density at radius 1 is 1.03 bits per heavy atom. The van der Waals surface area contributed by atoms with Crippen LogP contribution in [0.15, 0.2) is 72.3 Å². The van der Waals surface area contributed by atoms with Gasteiger partial charge >= 0.3 is 0 Å². The van der Waals surface area contributed by atoms with Crippen molar-refractivity contribution < 1.29 is 28.2 Å². The topological polar surface area (TPSA) is 66.8 Å². The summed E-state index contributed by atoms with van der Waals surface area (Å²) in [5.74, 6) is -3.48. The molecule has 7 heteroatoms. The first-order valence-corrected chi connectivity index (χ1v) is 10.9. The van der Waals surface area contributed by atoms with Gasteiger partial charge in [-0.05, 0) is 55.3 Å². The van der Waals surface area contributed by atoms with Crippen LogP contribution in [0.3, 0.4) is 0 Å². The van der Waals surface area contributed by atoms with E-state index in [1.807, 2.05) is 19.9 Å². The minimum absolute atomic E-state index is 0.207. The molecule has 0 bridgehead atoms. The van der Waals surface area contributed by atoms with Crippen LogP contribution in [0.4, 0.5) is 14.5 Å². The molecule has 34 heavy (non-hydrogen) atoms. The van der Waals surface area contributed by atoms with Gasteiger partial charge in [-0.25, -0.2) is 8.78 Å². The van der Waals surface area contributed by atoms with E-state index in [4.69, 9.17) is 4.74 Å². The number of benzene rings is 3. The molecule has 4 rings (SSSR count). The fourth-order valence-electron chi connectivity index (χ4n) is 3.99. The van der Waals surface area contributed by atoms with E-state index < -0.39 is 35.1 Å². The number of anilines is 1. The quantitative estimate of drug-likeness (QED) is 0.290. The molecular formula is C27H23F2NO4. The minimum Gasteiger partial charge on any atom is -0.507 e. The SMILES string of the molecule is CCCOc1ccc(/C(O)=C2\C(=O)C(=O)N(c3cc(F)ccc3F)C2c2cccc(C)c2)cc1. The zero-order chi connectivity index (χ0) is 24.4. The number of carbonyl (C=O) groups is 2. The molecule has 1 aliphatic rings. The number of halogens is 2. The molecule has 5 nitrogen and oxygen atoms in total. The van der Waals surface area contributed by atoms with Gasteiger partial charge in [-0.15, -0.1) is 0 Å². The van der Waals surface area contributed by atoms with Crippen molar-refractivity contribution in [3.05, 3.63) is 101 Å². The Morgan fingerprint density at radius 3 is 2.44 bits per heavy atom. The second kappa shape index (κ2) is 9.47. The summed E-state index contributed by atoms with van der Waals surface area (Å²) in [4.78, 5) is 27.1.